The number of aromatic nitrogens is 1. The summed E-state index contributed by atoms with van der Waals surface area (Å²) < 4.78 is 2.18. The summed E-state index contributed by atoms with van der Waals surface area (Å²) in [6.07, 6.45) is 1.74. The number of hydrogen-bond donors (Lipinski definition) is 0. The molecular weight excluding hydrogens is 444 g/mol. The average Bonchev–Trinajstić information content (AvgIpc) is 3.27. The normalized spacial score (nSPS) is 14.4. The number of fused-ring (bicyclic) bond motifs is 4. The molecule has 186 valence electrons. The van der Waals surface area contributed by atoms with E-state index in [1.54, 1.807) is 6.07 Å². The number of unbranched alkanes of at least 4 members (excludes halogenated alkanes) is 1. The van der Waals surface area contributed by atoms with E-state index in [0.29, 0.717) is 17.7 Å². The Morgan fingerprint density at radius 1 is 0.722 bits per heavy atom. The van der Waals surface area contributed by atoms with E-state index in [4.69, 9.17) is 0 Å². The van der Waals surface area contributed by atoms with E-state index in [1.165, 1.54) is 26.8 Å². The monoisotopic (exact) mass is 480 g/mol. The van der Waals surface area contributed by atoms with Crippen LogP contribution in [0.25, 0.3) is 27.5 Å². The molecule has 3 aromatic carbocycles. The summed E-state index contributed by atoms with van der Waals surface area (Å²) in [4.78, 5) is 28.1. The summed E-state index contributed by atoms with van der Waals surface area (Å²) in [5.41, 5.74) is 6.45. The maximum absolute atomic E-state index is 13.6. The molecule has 0 unspecified atom stereocenters. The van der Waals surface area contributed by atoms with Crippen LogP contribution in [0.1, 0.15) is 93.2 Å². The highest BCUT2D eigenvalue weighted by Gasteiger charge is 2.38. The molecule has 4 heteroatoms. The molecule has 0 saturated carbocycles. The quantitative estimate of drug-likeness (QED) is 0.280. The largest absolute Gasteiger partial charge is 0.308 e. The van der Waals surface area contributed by atoms with Gasteiger partial charge in [0.15, 0.2) is 0 Å². The number of benzene rings is 3. The van der Waals surface area contributed by atoms with Crippen molar-refractivity contribution in [1.82, 2.24) is 9.47 Å². The smallest absolute Gasteiger partial charge is 0.263 e. The Morgan fingerprint density at radius 3 is 1.78 bits per heavy atom. The zero-order chi connectivity index (χ0) is 26.0. The van der Waals surface area contributed by atoms with Crippen molar-refractivity contribution in [1.29, 1.82) is 0 Å². The summed E-state index contributed by atoms with van der Waals surface area (Å²) >= 11 is 0. The molecule has 4 nitrogen and oxygen atoms in total. The number of nitrogens with zero attached hydrogens (tertiary/aromatic N) is 2. The Balaban J connectivity index is 1.83. The molecule has 0 radical (unpaired) electrons. The van der Waals surface area contributed by atoms with Crippen molar-refractivity contribution in [3.05, 3.63) is 76.9 Å². The molecule has 0 fully saturated rings. The van der Waals surface area contributed by atoms with Crippen LogP contribution < -0.4 is 0 Å². The van der Waals surface area contributed by atoms with Gasteiger partial charge in [-0.3, -0.25) is 14.5 Å². The maximum Gasteiger partial charge on any atom is 0.263 e. The van der Waals surface area contributed by atoms with Crippen molar-refractivity contribution >= 4 is 33.6 Å². The van der Waals surface area contributed by atoms with Gasteiger partial charge in [0.25, 0.3) is 11.8 Å². The van der Waals surface area contributed by atoms with E-state index >= 15 is 0 Å². The van der Waals surface area contributed by atoms with Crippen LogP contribution in [0.2, 0.25) is 0 Å². The van der Waals surface area contributed by atoms with Crippen LogP contribution >= 0.6 is 0 Å². The third kappa shape index (κ3) is 3.75. The highest BCUT2D eigenvalue weighted by atomic mass is 16.2. The SMILES string of the molecule is CCCCN1C(=O)c2cccc(-n3c4ccc(C(C)(C)C)cc4c4cc(C(C)(C)C)ccc43)c2C1=O. The van der Waals surface area contributed by atoms with Crippen LogP contribution in [-0.4, -0.2) is 27.8 Å². The molecular formula is C32H36N2O2. The molecule has 4 aromatic rings. The van der Waals surface area contributed by atoms with E-state index in [1.807, 2.05) is 12.1 Å². The van der Waals surface area contributed by atoms with Crippen LogP contribution in [0.5, 0.6) is 0 Å². The number of amides is 2. The van der Waals surface area contributed by atoms with Crippen LogP contribution in [0.4, 0.5) is 0 Å². The topological polar surface area (TPSA) is 42.3 Å². The minimum atomic E-state index is -0.188. The molecule has 0 atom stereocenters. The van der Waals surface area contributed by atoms with Crippen molar-refractivity contribution in [2.75, 3.05) is 6.54 Å². The number of carbonyl (C=O) groups excluding carboxylic acids is 2. The second-order valence-corrected chi connectivity index (χ2v) is 12.1. The third-order valence-electron chi connectivity index (χ3n) is 7.45. The lowest BCUT2D eigenvalue weighted by Crippen LogP contribution is -2.30. The molecule has 1 aliphatic rings. The lowest BCUT2D eigenvalue weighted by Gasteiger charge is -2.19. The molecule has 0 bridgehead atoms. The first-order valence-corrected chi connectivity index (χ1v) is 13.0. The van der Waals surface area contributed by atoms with Crippen molar-refractivity contribution in [3.8, 4) is 5.69 Å². The molecule has 36 heavy (non-hydrogen) atoms. The minimum Gasteiger partial charge on any atom is -0.308 e. The number of carbonyl (C=O) groups is 2. The molecule has 2 heterocycles. The van der Waals surface area contributed by atoms with Gasteiger partial charge in [-0.2, -0.15) is 0 Å². The average molecular weight is 481 g/mol. The summed E-state index contributed by atoms with van der Waals surface area (Å²) in [6.45, 7) is 15.9. The second-order valence-electron chi connectivity index (χ2n) is 12.1. The van der Waals surface area contributed by atoms with Gasteiger partial charge in [-0.05, 0) is 64.8 Å². The van der Waals surface area contributed by atoms with Gasteiger partial charge in [-0.1, -0.05) is 73.1 Å². The first-order chi connectivity index (χ1) is 16.9. The Morgan fingerprint density at radius 2 is 1.28 bits per heavy atom. The summed E-state index contributed by atoms with van der Waals surface area (Å²) in [5.74, 6) is -0.372. The molecule has 0 N–H and O–H groups in total. The molecule has 1 aliphatic heterocycles. The van der Waals surface area contributed by atoms with Crippen molar-refractivity contribution < 1.29 is 9.59 Å². The van der Waals surface area contributed by atoms with Gasteiger partial charge in [0.05, 0.1) is 27.8 Å². The Kier molecular flexibility index (Phi) is 5.62. The molecule has 0 spiro atoms. The number of imide groups is 1. The summed E-state index contributed by atoms with van der Waals surface area (Å²) in [7, 11) is 0. The predicted molar refractivity (Wildman–Crippen MR) is 148 cm³/mol. The Hall–Kier alpha value is -3.40. The fourth-order valence-corrected chi connectivity index (χ4v) is 5.24. The van der Waals surface area contributed by atoms with Crippen LogP contribution in [0.3, 0.4) is 0 Å². The van der Waals surface area contributed by atoms with E-state index in [9.17, 15) is 9.59 Å². The molecule has 5 rings (SSSR count). The van der Waals surface area contributed by atoms with E-state index in [2.05, 4.69) is 89.4 Å². The summed E-state index contributed by atoms with van der Waals surface area (Å²) in [5, 5.41) is 2.33. The van der Waals surface area contributed by atoms with E-state index in [0.717, 1.165) is 29.6 Å². The van der Waals surface area contributed by atoms with Gasteiger partial charge in [-0.25, -0.2) is 0 Å². The van der Waals surface area contributed by atoms with E-state index < -0.39 is 0 Å². The molecule has 2 amide bonds. The Bertz CT molecular complexity index is 1450. The highest BCUT2D eigenvalue weighted by molar-refractivity contribution is 6.23. The standard InChI is InChI=1S/C32H36N2O2/c1-8-9-17-33-29(35)22-11-10-12-27(28(22)30(33)36)34-25-15-13-20(31(2,3)4)18-23(25)24-19-21(32(5,6)7)14-16-26(24)34/h10-16,18-19H,8-9,17H2,1-7H3. The van der Waals surface area contributed by atoms with Gasteiger partial charge >= 0.3 is 0 Å². The van der Waals surface area contributed by atoms with Gasteiger partial charge in [0.2, 0.25) is 0 Å². The lowest BCUT2D eigenvalue weighted by molar-refractivity contribution is 0.0652. The first-order valence-electron chi connectivity index (χ1n) is 13.0. The number of hydrogen-bond acceptors (Lipinski definition) is 2. The highest BCUT2D eigenvalue weighted by Crippen LogP contribution is 2.39. The molecule has 1 aromatic heterocycles. The van der Waals surface area contributed by atoms with Crippen molar-refractivity contribution in [2.45, 2.75) is 72.1 Å². The van der Waals surface area contributed by atoms with Crippen LogP contribution in [0, 0.1) is 0 Å². The van der Waals surface area contributed by atoms with Gasteiger partial charge in [0, 0.05) is 17.3 Å². The second kappa shape index (κ2) is 8.33. The molecule has 0 aliphatic carbocycles. The van der Waals surface area contributed by atoms with Gasteiger partial charge in [0.1, 0.15) is 0 Å². The Labute approximate surface area is 213 Å². The van der Waals surface area contributed by atoms with Crippen LogP contribution in [-0.2, 0) is 10.8 Å². The molecule has 0 saturated heterocycles. The van der Waals surface area contributed by atoms with Crippen molar-refractivity contribution in [3.63, 3.8) is 0 Å². The maximum atomic E-state index is 13.6. The third-order valence-corrected chi connectivity index (χ3v) is 7.45. The zero-order valence-electron chi connectivity index (χ0n) is 22.5. The summed E-state index contributed by atoms with van der Waals surface area (Å²) in [6, 6.07) is 19.0. The number of rotatable bonds is 4. The van der Waals surface area contributed by atoms with Crippen molar-refractivity contribution in [2.24, 2.45) is 0 Å². The first kappa shape index (κ1) is 24.3. The fraction of sp³-hybridized carbons (Fsp3) is 0.375. The minimum absolute atomic E-state index is 0.0143. The predicted octanol–water partition coefficient (Wildman–Crippen LogP) is 7.77. The van der Waals surface area contributed by atoms with Gasteiger partial charge < -0.3 is 4.57 Å². The van der Waals surface area contributed by atoms with E-state index in [-0.39, 0.29) is 22.6 Å². The zero-order valence-corrected chi connectivity index (χ0v) is 22.5. The lowest BCUT2D eigenvalue weighted by atomic mass is 9.85. The van der Waals surface area contributed by atoms with Gasteiger partial charge in [-0.15, -0.1) is 0 Å². The fourth-order valence-electron chi connectivity index (χ4n) is 5.24. The van der Waals surface area contributed by atoms with Crippen LogP contribution in [0.15, 0.2) is 54.6 Å².